The van der Waals surface area contributed by atoms with E-state index in [1.807, 2.05) is 14.7 Å². The van der Waals surface area contributed by atoms with Crippen LogP contribution in [0, 0.1) is 11.8 Å². The maximum absolute atomic E-state index is 13.0. The number of nitrogens with zero attached hydrogens (tertiary/aromatic N) is 3. The Balaban J connectivity index is 0.00000225. The van der Waals surface area contributed by atoms with Gasteiger partial charge in [-0.2, -0.15) is 0 Å². The number of rotatable bonds is 2. The predicted octanol–water partition coefficient (Wildman–Crippen LogP) is 1.92. The first-order chi connectivity index (χ1) is 11.6. The lowest BCUT2D eigenvalue weighted by atomic mass is 9.89. The van der Waals surface area contributed by atoms with Crippen molar-refractivity contribution < 1.29 is 9.59 Å². The molecule has 3 aliphatic rings. The zero-order chi connectivity index (χ0) is 17.1. The monoisotopic (exact) mass is 372 g/mol. The Morgan fingerprint density at radius 3 is 2.36 bits per heavy atom. The third-order valence-corrected chi connectivity index (χ3v) is 5.95. The number of amides is 3. The molecule has 0 aliphatic carbocycles. The highest BCUT2D eigenvalue weighted by atomic mass is 35.5. The van der Waals surface area contributed by atoms with Crippen molar-refractivity contribution in [1.29, 1.82) is 0 Å². The van der Waals surface area contributed by atoms with Gasteiger partial charge in [-0.25, -0.2) is 4.79 Å². The van der Waals surface area contributed by atoms with Gasteiger partial charge in [-0.1, -0.05) is 6.92 Å². The molecule has 3 amide bonds. The maximum atomic E-state index is 13.0. The Morgan fingerprint density at radius 2 is 1.68 bits per heavy atom. The van der Waals surface area contributed by atoms with Crippen LogP contribution >= 0.6 is 12.4 Å². The van der Waals surface area contributed by atoms with Gasteiger partial charge in [0.05, 0.1) is 5.92 Å². The molecule has 3 fully saturated rings. The quantitative estimate of drug-likeness (QED) is 0.805. The first-order valence-corrected chi connectivity index (χ1v) is 9.64. The Labute approximate surface area is 157 Å². The van der Waals surface area contributed by atoms with Crippen LogP contribution in [0.2, 0.25) is 0 Å². The fraction of sp³-hybridized carbons (Fsp3) is 0.889. The molecule has 0 spiro atoms. The third-order valence-electron chi connectivity index (χ3n) is 5.95. The van der Waals surface area contributed by atoms with Crippen LogP contribution in [0.4, 0.5) is 4.79 Å². The van der Waals surface area contributed by atoms with Crippen LogP contribution in [0.5, 0.6) is 0 Å². The van der Waals surface area contributed by atoms with Crippen LogP contribution in [0.1, 0.15) is 45.4 Å². The average molecular weight is 373 g/mol. The number of carbonyl (C=O) groups is 2. The third kappa shape index (κ3) is 4.59. The summed E-state index contributed by atoms with van der Waals surface area (Å²) in [6.45, 7) is 6.70. The minimum Gasteiger partial charge on any atom is -0.338 e. The van der Waals surface area contributed by atoms with Crippen molar-refractivity contribution >= 4 is 24.3 Å². The summed E-state index contributed by atoms with van der Waals surface area (Å²) >= 11 is 0. The van der Waals surface area contributed by atoms with E-state index in [1.54, 1.807) is 0 Å². The van der Waals surface area contributed by atoms with E-state index >= 15 is 0 Å². The van der Waals surface area contributed by atoms with Crippen molar-refractivity contribution in [3.05, 3.63) is 0 Å². The maximum Gasteiger partial charge on any atom is 0.320 e. The van der Waals surface area contributed by atoms with E-state index in [4.69, 9.17) is 5.73 Å². The number of urea groups is 1. The molecule has 3 rings (SSSR count). The van der Waals surface area contributed by atoms with Crippen molar-refractivity contribution in [3.8, 4) is 0 Å². The first-order valence-electron chi connectivity index (χ1n) is 9.64. The van der Waals surface area contributed by atoms with E-state index in [0.29, 0.717) is 19.0 Å². The van der Waals surface area contributed by atoms with Gasteiger partial charge in [0.25, 0.3) is 0 Å². The second-order valence-electron chi connectivity index (χ2n) is 7.81. The molecule has 25 heavy (non-hydrogen) atoms. The summed E-state index contributed by atoms with van der Waals surface area (Å²) < 4.78 is 0. The molecule has 3 unspecified atom stereocenters. The van der Waals surface area contributed by atoms with Crippen molar-refractivity contribution in [1.82, 2.24) is 14.7 Å². The van der Waals surface area contributed by atoms with Crippen molar-refractivity contribution in [2.45, 2.75) is 51.5 Å². The van der Waals surface area contributed by atoms with Crippen LogP contribution in [0.3, 0.4) is 0 Å². The average Bonchev–Trinajstić information content (AvgIpc) is 3.15. The molecular weight excluding hydrogens is 340 g/mol. The van der Waals surface area contributed by atoms with Gasteiger partial charge >= 0.3 is 6.03 Å². The molecule has 2 N–H and O–H groups in total. The molecule has 0 aromatic rings. The largest absolute Gasteiger partial charge is 0.338 e. The Hall–Kier alpha value is -1.01. The van der Waals surface area contributed by atoms with Crippen LogP contribution in [-0.4, -0.2) is 71.9 Å². The van der Waals surface area contributed by atoms with Gasteiger partial charge in [0, 0.05) is 45.3 Å². The number of nitrogens with two attached hydrogens (primary N) is 1. The number of hydrogen-bond donors (Lipinski definition) is 1. The second kappa shape index (κ2) is 9.08. The van der Waals surface area contributed by atoms with Gasteiger partial charge in [-0.05, 0) is 44.4 Å². The van der Waals surface area contributed by atoms with E-state index in [0.717, 1.165) is 64.7 Å². The summed E-state index contributed by atoms with van der Waals surface area (Å²) in [6, 6.07) is 0.304. The fourth-order valence-corrected chi connectivity index (χ4v) is 4.46. The summed E-state index contributed by atoms with van der Waals surface area (Å²) in [5.74, 6) is 0.811. The number of carbonyl (C=O) groups excluding carboxylic acids is 2. The van der Waals surface area contributed by atoms with Crippen LogP contribution < -0.4 is 5.73 Å². The number of hydrogen-bond acceptors (Lipinski definition) is 3. The van der Waals surface area contributed by atoms with E-state index in [2.05, 4.69) is 6.92 Å². The van der Waals surface area contributed by atoms with Gasteiger partial charge in [0.15, 0.2) is 0 Å². The molecular formula is C18H33ClN4O2. The molecule has 0 aromatic heterocycles. The molecule has 144 valence electrons. The van der Waals surface area contributed by atoms with Crippen molar-refractivity contribution in [2.24, 2.45) is 17.6 Å². The van der Waals surface area contributed by atoms with E-state index in [-0.39, 0.29) is 36.3 Å². The normalized spacial score (nSPS) is 30.2. The molecule has 3 atom stereocenters. The predicted molar refractivity (Wildman–Crippen MR) is 101 cm³/mol. The standard InChI is InChI=1S/C18H32N4O2.ClH/c1-14-6-10-22(16(11-14)12-19)17(23)15-5-4-9-21(13-15)18(24)20-7-2-3-8-20;/h14-16H,2-13,19H2,1H3;1H. The molecule has 6 nitrogen and oxygen atoms in total. The first kappa shape index (κ1) is 20.3. The van der Waals surface area contributed by atoms with Gasteiger partial charge in [0.2, 0.25) is 5.91 Å². The Kier molecular flexibility index (Phi) is 7.37. The van der Waals surface area contributed by atoms with Gasteiger partial charge in [-0.3, -0.25) is 4.79 Å². The lowest BCUT2D eigenvalue weighted by Crippen LogP contribution is -2.55. The van der Waals surface area contributed by atoms with Crippen LogP contribution in [0.15, 0.2) is 0 Å². The van der Waals surface area contributed by atoms with Gasteiger partial charge < -0.3 is 20.4 Å². The zero-order valence-electron chi connectivity index (χ0n) is 15.4. The van der Waals surface area contributed by atoms with Crippen molar-refractivity contribution in [3.63, 3.8) is 0 Å². The summed E-state index contributed by atoms with van der Waals surface area (Å²) in [5.41, 5.74) is 5.92. The Bertz CT molecular complexity index is 470. The van der Waals surface area contributed by atoms with Gasteiger partial charge in [0.1, 0.15) is 0 Å². The molecule has 3 heterocycles. The lowest BCUT2D eigenvalue weighted by Gasteiger charge is -2.42. The molecule has 3 saturated heterocycles. The SMILES string of the molecule is CC1CCN(C(=O)C2CCCN(C(=O)N3CCCC3)C2)C(CN)C1.Cl. The van der Waals surface area contributed by atoms with Crippen molar-refractivity contribution in [2.75, 3.05) is 39.3 Å². The molecule has 3 aliphatic heterocycles. The Morgan fingerprint density at radius 1 is 1.00 bits per heavy atom. The topological polar surface area (TPSA) is 69.9 Å². The lowest BCUT2D eigenvalue weighted by molar-refractivity contribution is -0.141. The smallest absolute Gasteiger partial charge is 0.320 e. The number of halogens is 1. The fourth-order valence-electron chi connectivity index (χ4n) is 4.46. The highest BCUT2D eigenvalue weighted by Crippen LogP contribution is 2.27. The minimum absolute atomic E-state index is 0. The number of piperidine rings is 2. The molecule has 0 radical (unpaired) electrons. The molecule has 0 bridgehead atoms. The summed E-state index contributed by atoms with van der Waals surface area (Å²) in [4.78, 5) is 31.5. The summed E-state index contributed by atoms with van der Waals surface area (Å²) in [7, 11) is 0. The second-order valence-corrected chi connectivity index (χ2v) is 7.81. The summed E-state index contributed by atoms with van der Waals surface area (Å²) in [5, 5.41) is 0. The molecule has 7 heteroatoms. The highest BCUT2D eigenvalue weighted by molar-refractivity contribution is 5.85. The minimum atomic E-state index is -0.0484. The van der Waals surface area contributed by atoms with Crippen LogP contribution in [-0.2, 0) is 4.79 Å². The van der Waals surface area contributed by atoms with Gasteiger partial charge in [-0.15, -0.1) is 12.4 Å². The highest BCUT2D eigenvalue weighted by Gasteiger charge is 2.36. The summed E-state index contributed by atoms with van der Waals surface area (Å²) in [6.07, 6.45) is 6.09. The molecule has 0 saturated carbocycles. The zero-order valence-corrected chi connectivity index (χ0v) is 16.2. The van der Waals surface area contributed by atoms with E-state index in [1.165, 1.54) is 0 Å². The van der Waals surface area contributed by atoms with E-state index < -0.39 is 0 Å². The van der Waals surface area contributed by atoms with E-state index in [9.17, 15) is 9.59 Å². The van der Waals surface area contributed by atoms with Crippen LogP contribution in [0.25, 0.3) is 0 Å². The molecule has 0 aromatic carbocycles. The number of likely N-dealkylation sites (tertiary alicyclic amines) is 3.